The Balaban J connectivity index is 1.76. The van der Waals surface area contributed by atoms with E-state index in [0.717, 1.165) is 43.5 Å². The molecule has 0 bridgehead atoms. The SMILES string of the molecule is CCNC(=NCC1CC1)NCCc1cccc(O)c1. The summed E-state index contributed by atoms with van der Waals surface area (Å²) in [4.78, 5) is 4.57. The minimum atomic E-state index is 0.326. The van der Waals surface area contributed by atoms with E-state index >= 15 is 0 Å². The number of aliphatic imine (C=N–C) groups is 1. The highest BCUT2D eigenvalue weighted by Crippen LogP contribution is 2.28. The first-order valence-electron chi connectivity index (χ1n) is 7.08. The summed E-state index contributed by atoms with van der Waals surface area (Å²) in [7, 11) is 0. The Kier molecular flexibility index (Phi) is 5.07. The lowest BCUT2D eigenvalue weighted by Crippen LogP contribution is -2.38. The molecule has 4 nitrogen and oxygen atoms in total. The molecule has 0 atom stereocenters. The highest BCUT2D eigenvalue weighted by atomic mass is 16.3. The molecule has 4 heteroatoms. The van der Waals surface area contributed by atoms with Gasteiger partial charge in [0.25, 0.3) is 0 Å². The van der Waals surface area contributed by atoms with Gasteiger partial charge < -0.3 is 15.7 Å². The second-order valence-corrected chi connectivity index (χ2v) is 5.01. The zero-order chi connectivity index (χ0) is 13.5. The van der Waals surface area contributed by atoms with Gasteiger partial charge in [0.2, 0.25) is 0 Å². The van der Waals surface area contributed by atoms with Crippen LogP contribution in [-0.2, 0) is 6.42 Å². The largest absolute Gasteiger partial charge is 0.508 e. The van der Waals surface area contributed by atoms with E-state index in [9.17, 15) is 5.11 Å². The topological polar surface area (TPSA) is 56.7 Å². The van der Waals surface area contributed by atoms with Crippen LogP contribution in [0.15, 0.2) is 29.3 Å². The molecule has 1 saturated carbocycles. The van der Waals surface area contributed by atoms with Crippen molar-refractivity contribution >= 4 is 5.96 Å². The lowest BCUT2D eigenvalue weighted by atomic mass is 10.1. The summed E-state index contributed by atoms with van der Waals surface area (Å²) < 4.78 is 0. The van der Waals surface area contributed by atoms with Crippen molar-refractivity contribution < 1.29 is 5.11 Å². The minimum Gasteiger partial charge on any atom is -0.508 e. The van der Waals surface area contributed by atoms with Gasteiger partial charge in [-0.05, 0) is 49.8 Å². The molecule has 0 amide bonds. The van der Waals surface area contributed by atoms with Crippen molar-refractivity contribution in [1.82, 2.24) is 10.6 Å². The van der Waals surface area contributed by atoms with Gasteiger partial charge in [0.15, 0.2) is 5.96 Å². The molecular formula is C15H23N3O. The summed E-state index contributed by atoms with van der Waals surface area (Å²) in [5.74, 6) is 2.03. The van der Waals surface area contributed by atoms with E-state index < -0.39 is 0 Å². The van der Waals surface area contributed by atoms with Crippen LogP contribution in [0.4, 0.5) is 0 Å². The maximum atomic E-state index is 9.40. The van der Waals surface area contributed by atoms with Crippen molar-refractivity contribution in [1.29, 1.82) is 0 Å². The minimum absolute atomic E-state index is 0.326. The van der Waals surface area contributed by atoms with Gasteiger partial charge in [0.05, 0.1) is 0 Å². The highest BCUT2D eigenvalue weighted by molar-refractivity contribution is 5.79. The molecule has 1 aliphatic rings. The maximum absolute atomic E-state index is 9.40. The van der Waals surface area contributed by atoms with Crippen molar-refractivity contribution in [3.05, 3.63) is 29.8 Å². The number of benzene rings is 1. The smallest absolute Gasteiger partial charge is 0.191 e. The van der Waals surface area contributed by atoms with Gasteiger partial charge in [-0.2, -0.15) is 0 Å². The van der Waals surface area contributed by atoms with E-state index in [1.807, 2.05) is 12.1 Å². The van der Waals surface area contributed by atoms with E-state index in [0.29, 0.717) is 5.75 Å². The predicted octanol–water partition coefficient (Wildman–Crippen LogP) is 1.90. The number of hydrogen-bond donors (Lipinski definition) is 3. The lowest BCUT2D eigenvalue weighted by molar-refractivity contribution is 0.474. The standard InChI is InChI=1S/C15H23N3O/c1-2-16-15(18-11-13-6-7-13)17-9-8-12-4-3-5-14(19)10-12/h3-5,10,13,19H,2,6-9,11H2,1H3,(H2,16,17,18). The fourth-order valence-electron chi connectivity index (χ4n) is 1.90. The Morgan fingerprint density at radius 3 is 2.89 bits per heavy atom. The van der Waals surface area contributed by atoms with E-state index in [-0.39, 0.29) is 0 Å². The van der Waals surface area contributed by atoms with Crippen LogP contribution in [0.25, 0.3) is 0 Å². The first kappa shape index (κ1) is 13.7. The Labute approximate surface area is 114 Å². The molecule has 0 aliphatic heterocycles. The van der Waals surface area contributed by atoms with Crippen LogP contribution in [0, 0.1) is 5.92 Å². The molecule has 0 spiro atoms. The van der Waals surface area contributed by atoms with Crippen LogP contribution >= 0.6 is 0 Å². The van der Waals surface area contributed by atoms with Crippen LogP contribution in [0.3, 0.4) is 0 Å². The van der Waals surface area contributed by atoms with E-state index in [1.54, 1.807) is 12.1 Å². The number of phenolic OH excluding ortho intramolecular Hbond substituents is 1. The van der Waals surface area contributed by atoms with Crippen molar-refractivity contribution in [3.8, 4) is 5.75 Å². The zero-order valence-corrected chi connectivity index (χ0v) is 11.5. The molecule has 0 radical (unpaired) electrons. The number of nitrogens with zero attached hydrogens (tertiary/aromatic N) is 1. The van der Waals surface area contributed by atoms with Gasteiger partial charge in [-0.15, -0.1) is 0 Å². The summed E-state index contributed by atoms with van der Waals surface area (Å²) in [5.41, 5.74) is 1.13. The van der Waals surface area contributed by atoms with Crippen molar-refractivity contribution in [2.75, 3.05) is 19.6 Å². The fourth-order valence-corrected chi connectivity index (χ4v) is 1.90. The lowest BCUT2D eigenvalue weighted by Gasteiger charge is -2.11. The molecule has 1 fully saturated rings. The van der Waals surface area contributed by atoms with Gasteiger partial charge >= 0.3 is 0 Å². The highest BCUT2D eigenvalue weighted by Gasteiger charge is 2.20. The molecule has 0 heterocycles. The molecule has 2 rings (SSSR count). The third-order valence-electron chi connectivity index (χ3n) is 3.17. The summed E-state index contributed by atoms with van der Waals surface area (Å²) in [6.45, 7) is 4.70. The molecule has 1 aliphatic carbocycles. The van der Waals surface area contributed by atoms with E-state index in [4.69, 9.17) is 0 Å². The van der Waals surface area contributed by atoms with Gasteiger partial charge in [-0.3, -0.25) is 4.99 Å². The second kappa shape index (κ2) is 7.02. The molecule has 1 aromatic carbocycles. The van der Waals surface area contributed by atoms with Gasteiger partial charge in [0.1, 0.15) is 5.75 Å². The Morgan fingerprint density at radius 2 is 2.21 bits per heavy atom. The monoisotopic (exact) mass is 261 g/mol. The summed E-state index contributed by atoms with van der Waals surface area (Å²) >= 11 is 0. The van der Waals surface area contributed by atoms with E-state index in [1.165, 1.54) is 12.8 Å². The van der Waals surface area contributed by atoms with Crippen LogP contribution in [0.5, 0.6) is 5.75 Å². The maximum Gasteiger partial charge on any atom is 0.191 e. The fraction of sp³-hybridized carbons (Fsp3) is 0.533. The summed E-state index contributed by atoms with van der Waals surface area (Å²) in [6.07, 6.45) is 3.53. The molecule has 104 valence electrons. The normalized spacial score (nSPS) is 15.3. The first-order valence-corrected chi connectivity index (χ1v) is 7.08. The Bertz CT molecular complexity index is 427. The quantitative estimate of drug-likeness (QED) is 0.541. The van der Waals surface area contributed by atoms with Gasteiger partial charge in [0, 0.05) is 19.6 Å². The molecule has 19 heavy (non-hydrogen) atoms. The average Bonchev–Trinajstić information content (AvgIpc) is 3.20. The average molecular weight is 261 g/mol. The number of aromatic hydroxyl groups is 1. The van der Waals surface area contributed by atoms with E-state index in [2.05, 4.69) is 22.5 Å². The van der Waals surface area contributed by atoms with Crippen LogP contribution in [0.1, 0.15) is 25.3 Å². The van der Waals surface area contributed by atoms with Gasteiger partial charge in [-0.25, -0.2) is 0 Å². The van der Waals surface area contributed by atoms with Crippen LogP contribution < -0.4 is 10.6 Å². The molecule has 3 N–H and O–H groups in total. The van der Waals surface area contributed by atoms with Crippen LogP contribution in [-0.4, -0.2) is 30.7 Å². The predicted molar refractivity (Wildman–Crippen MR) is 78.5 cm³/mol. The molecule has 0 saturated heterocycles. The molecule has 0 unspecified atom stereocenters. The second-order valence-electron chi connectivity index (χ2n) is 5.01. The number of phenols is 1. The number of hydrogen-bond acceptors (Lipinski definition) is 2. The summed E-state index contributed by atoms with van der Waals surface area (Å²) in [6, 6.07) is 7.39. The first-order chi connectivity index (χ1) is 9.28. The third kappa shape index (κ3) is 5.20. The third-order valence-corrected chi connectivity index (χ3v) is 3.17. The Morgan fingerprint density at radius 1 is 1.37 bits per heavy atom. The Hall–Kier alpha value is -1.71. The molecule has 1 aromatic rings. The zero-order valence-electron chi connectivity index (χ0n) is 11.5. The van der Waals surface area contributed by atoms with Crippen LogP contribution in [0.2, 0.25) is 0 Å². The summed E-state index contributed by atoms with van der Waals surface area (Å²) in [5, 5.41) is 16.0. The van der Waals surface area contributed by atoms with Crippen molar-refractivity contribution in [3.63, 3.8) is 0 Å². The number of guanidine groups is 1. The molecule has 0 aromatic heterocycles. The number of nitrogens with one attached hydrogen (secondary N) is 2. The van der Waals surface area contributed by atoms with Crippen molar-refractivity contribution in [2.24, 2.45) is 10.9 Å². The number of rotatable bonds is 6. The van der Waals surface area contributed by atoms with Crippen molar-refractivity contribution in [2.45, 2.75) is 26.2 Å². The van der Waals surface area contributed by atoms with Gasteiger partial charge in [-0.1, -0.05) is 12.1 Å². The molecular weight excluding hydrogens is 238 g/mol.